The van der Waals surface area contributed by atoms with Crippen LogP contribution >= 0.6 is 0 Å². The Morgan fingerprint density at radius 2 is 1.00 bits per heavy atom. The lowest BCUT2D eigenvalue weighted by molar-refractivity contribution is 0.00703. The van der Waals surface area contributed by atoms with Gasteiger partial charge in [-0.15, -0.1) is 0 Å². The van der Waals surface area contributed by atoms with Gasteiger partial charge >= 0.3 is 11.9 Å². The number of carboxylic acids is 1. The Kier molecular flexibility index (Phi) is 14.3. The molecule has 0 saturated carbocycles. The molecule has 2 aromatic heterocycles. The van der Waals surface area contributed by atoms with Crippen molar-refractivity contribution in [2.75, 3.05) is 10.6 Å². The van der Waals surface area contributed by atoms with E-state index in [1.807, 2.05) is 155 Å². The highest BCUT2D eigenvalue weighted by atomic mass is 16.6. The van der Waals surface area contributed by atoms with E-state index in [9.17, 15) is 14.7 Å². The molecule has 0 aliphatic rings. The van der Waals surface area contributed by atoms with Gasteiger partial charge in [0.1, 0.15) is 17.1 Å². The first-order chi connectivity index (χ1) is 28.4. The highest BCUT2D eigenvalue weighted by Gasteiger charge is 2.22. The zero-order valence-corrected chi connectivity index (χ0v) is 36.4. The molecule has 2 heterocycles. The van der Waals surface area contributed by atoms with E-state index in [0.717, 1.165) is 73.3 Å². The van der Waals surface area contributed by atoms with Crippen molar-refractivity contribution in [1.29, 1.82) is 0 Å². The van der Waals surface area contributed by atoms with E-state index >= 15 is 0 Å². The number of hydrogen-bond acceptors (Lipinski definition) is 9. The van der Waals surface area contributed by atoms with E-state index in [1.165, 1.54) is 0 Å². The Balaban J connectivity index is 0.000000230. The summed E-state index contributed by atoms with van der Waals surface area (Å²) in [5.41, 5.74) is 10.6. The number of carboxylic acid groups (broad SMARTS) is 1. The molecular weight excluding hydrogens is 753 g/mol. The third-order valence-electron chi connectivity index (χ3n) is 9.05. The topological polar surface area (TPSA) is 132 Å². The van der Waals surface area contributed by atoms with E-state index in [4.69, 9.17) is 19.2 Å². The molecule has 6 rings (SSSR count). The fourth-order valence-corrected chi connectivity index (χ4v) is 6.51. The Bertz CT molecular complexity index is 2470. The minimum absolute atomic E-state index is 0.105. The first kappa shape index (κ1) is 44.4. The number of hydrogen-bond donors (Lipinski definition) is 3. The van der Waals surface area contributed by atoms with Crippen molar-refractivity contribution in [2.24, 2.45) is 0 Å². The maximum absolute atomic E-state index is 12.7. The van der Waals surface area contributed by atoms with Gasteiger partial charge in [-0.2, -0.15) is 0 Å². The number of esters is 1. The third kappa shape index (κ3) is 11.9. The van der Waals surface area contributed by atoms with Crippen LogP contribution in [0, 0.1) is 27.7 Å². The molecule has 0 aliphatic heterocycles. The number of benzene rings is 4. The molecule has 0 atom stereocenters. The molecule has 10 nitrogen and oxygen atoms in total. The first-order valence-electron chi connectivity index (χ1n) is 20.1. The number of para-hydroxylation sites is 2. The van der Waals surface area contributed by atoms with E-state index in [-0.39, 0.29) is 23.7 Å². The average molecular weight is 809 g/mol. The van der Waals surface area contributed by atoms with Crippen LogP contribution < -0.4 is 20.1 Å². The highest BCUT2D eigenvalue weighted by molar-refractivity contribution is 5.98. The van der Waals surface area contributed by atoms with Crippen molar-refractivity contribution in [1.82, 2.24) is 9.97 Å². The maximum atomic E-state index is 12.7. The predicted molar refractivity (Wildman–Crippen MR) is 241 cm³/mol. The Labute approximate surface area is 354 Å². The number of nitrogens with zero attached hydrogens (tertiary/aromatic N) is 2. The van der Waals surface area contributed by atoms with Gasteiger partial charge < -0.3 is 30.0 Å². The van der Waals surface area contributed by atoms with Gasteiger partial charge in [0.25, 0.3) is 0 Å². The fourth-order valence-electron chi connectivity index (χ4n) is 6.51. The van der Waals surface area contributed by atoms with Gasteiger partial charge in [-0.1, -0.05) is 48.5 Å². The fraction of sp³-hybridized carbons (Fsp3) is 0.280. The normalized spacial score (nSPS) is 11.1. The van der Waals surface area contributed by atoms with E-state index in [1.54, 1.807) is 30.6 Å². The van der Waals surface area contributed by atoms with E-state index in [2.05, 4.69) is 15.6 Å². The van der Waals surface area contributed by atoms with Crippen LogP contribution in [0.3, 0.4) is 0 Å². The summed E-state index contributed by atoms with van der Waals surface area (Å²) in [7, 11) is 0. The third-order valence-corrected chi connectivity index (χ3v) is 9.05. The van der Waals surface area contributed by atoms with Crippen LogP contribution in [0.25, 0.3) is 22.5 Å². The highest BCUT2D eigenvalue weighted by Crippen LogP contribution is 2.32. The predicted octanol–water partition coefficient (Wildman–Crippen LogP) is 12.4. The van der Waals surface area contributed by atoms with E-state index in [0.29, 0.717) is 11.3 Å². The number of pyridine rings is 2. The molecule has 0 fully saturated rings. The summed E-state index contributed by atoms with van der Waals surface area (Å²) in [6, 6.07) is 30.6. The SMILES string of the molecule is Cc1cc(Nc2c(C)cccc2C(=O)O)cnc1-c1cccc(OC(C)C)c1.Cc1cc(Nc2c(C)cccc2C(=O)OC(C)(C)C)cnc1-c1cccc(OC(C)C)c1. The van der Waals surface area contributed by atoms with Crippen molar-refractivity contribution in [3.8, 4) is 34.0 Å². The molecule has 4 aromatic carbocycles. The van der Waals surface area contributed by atoms with Crippen LogP contribution in [0.1, 0.15) is 91.4 Å². The largest absolute Gasteiger partial charge is 0.491 e. The minimum Gasteiger partial charge on any atom is -0.491 e. The molecular formula is C50H56N4O6. The molecule has 60 heavy (non-hydrogen) atoms. The smallest absolute Gasteiger partial charge is 0.340 e. The number of aryl methyl sites for hydroxylation is 4. The number of anilines is 4. The summed E-state index contributed by atoms with van der Waals surface area (Å²) in [6.45, 7) is 21.4. The molecule has 6 aromatic rings. The van der Waals surface area contributed by atoms with Crippen LogP contribution in [0.4, 0.5) is 22.7 Å². The van der Waals surface area contributed by atoms with Crippen molar-refractivity contribution < 1.29 is 28.9 Å². The molecule has 0 unspecified atom stereocenters. The lowest BCUT2D eigenvalue weighted by atomic mass is 10.0. The summed E-state index contributed by atoms with van der Waals surface area (Å²) < 4.78 is 17.2. The summed E-state index contributed by atoms with van der Waals surface area (Å²) in [5, 5.41) is 16.0. The molecule has 0 aliphatic carbocycles. The monoisotopic (exact) mass is 808 g/mol. The van der Waals surface area contributed by atoms with Crippen molar-refractivity contribution in [2.45, 2.75) is 94.0 Å². The number of rotatable bonds is 12. The van der Waals surface area contributed by atoms with Gasteiger partial charge in [0, 0.05) is 11.1 Å². The second kappa shape index (κ2) is 19.4. The Morgan fingerprint density at radius 3 is 1.40 bits per heavy atom. The number of nitrogens with one attached hydrogen (secondary N) is 2. The lowest BCUT2D eigenvalue weighted by Crippen LogP contribution is -2.24. The van der Waals surface area contributed by atoms with Crippen molar-refractivity contribution in [3.05, 3.63) is 143 Å². The molecule has 0 amide bonds. The second-order valence-electron chi connectivity index (χ2n) is 16.2. The summed E-state index contributed by atoms with van der Waals surface area (Å²) in [6.07, 6.45) is 3.72. The zero-order valence-electron chi connectivity index (χ0n) is 36.4. The summed E-state index contributed by atoms with van der Waals surface area (Å²) in [4.78, 5) is 33.6. The van der Waals surface area contributed by atoms with Crippen LogP contribution in [0.5, 0.6) is 11.5 Å². The Morgan fingerprint density at radius 1 is 0.583 bits per heavy atom. The van der Waals surface area contributed by atoms with Gasteiger partial charge in [0.2, 0.25) is 0 Å². The van der Waals surface area contributed by atoms with E-state index < -0.39 is 11.6 Å². The first-order valence-corrected chi connectivity index (χ1v) is 20.1. The minimum atomic E-state index is -0.963. The summed E-state index contributed by atoms with van der Waals surface area (Å²) in [5.74, 6) is 0.311. The molecule has 10 heteroatoms. The standard InChI is InChI=1S/C27H32N2O3.C23H24N2O3/c1-17(2)31-22-12-9-11-20(15-22)24-19(4)14-21(16-28-24)29-25-18(3)10-8-13-23(25)26(30)32-27(5,6)7;1-14(2)28-19-9-6-8-17(12-19)21-16(4)11-18(13-24-21)25-22-15(3)7-5-10-20(22)23(26)27/h8-17,29H,1-7H3;5-14,25H,1-4H3,(H,26,27). The molecule has 3 N–H and O–H groups in total. The van der Waals surface area contributed by atoms with Crippen molar-refractivity contribution in [3.63, 3.8) is 0 Å². The van der Waals surface area contributed by atoms with Gasteiger partial charge in [-0.25, -0.2) is 9.59 Å². The van der Waals surface area contributed by atoms with Crippen molar-refractivity contribution >= 4 is 34.7 Å². The van der Waals surface area contributed by atoms with Gasteiger partial charge in [-0.3, -0.25) is 9.97 Å². The number of aromatic nitrogens is 2. The Hall–Kier alpha value is -6.68. The zero-order chi connectivity index (χ0) is 43.7. The average Bonchev–Trinajstić information content (AvgIpc) is 3.16. The maximum Gasteiger partial charge on any atom is 0.340 e. The van der Waals surface area contributed by atoms with Gasteiger partial charge in [0.15, 0.2) is 0 Å². The molecule has 0 spiro atoms. The van der Waals surface area contributed by atoms with Gasteiger partial charge in [0.05, 0.1) is 69.9 Å². The number of ether oxygens (including phenoxy) is 3. The number of aromatic carboxylic acids is 1. The van der Waals surface area contributed by atoms with Crippen LogP contribution in [0.2, 0.25) is 0 Å². The van der Waals surface area contributed by atoms with Crippen LogP contribution in [-0.2, 0) is 4.74 Å². The van der Waals surface area contributed by atoms with Crippen LogP contribution in [-0.4, -0.2) is 44.8 Å². The molecule has 0 saturated heterocycles. The lowest BCUT2D eigenvalue weighted by Gasteiger charge is -2.21. The molecule has 0 bridgehead atoms. The second-order valence-corrected chi connectivity index (χ2v) is 16.2. The number of carbonyl (C=O) groups is 2. The summed E-state index contributed by atoms with van der Waals surface area (Å²) >= 11 is 0. The van der Waals surface area contributed by atoms with Gasteiger partial charge in [-0.05, 0) is 147 Å². The molecule has 0 radical (unpaired) electrons. The number of carbonyl (C=O) groups excluding carboxylic acids is 1. The molecule has 312 valence electrons. The van der Waals surface area contributed by atoms with Crippen LogP contribution in [0.15, 0.2) is 109 Å². The quantitative estimate of drug-likeness (QED) is 0.103.